The normalized spacial score (nSPS) is 21.3. The summed E-state index contributed by atoms with van der Waals surface area (Å²) in [5.41, 5.74) is 1.33. The van der Waals surface area contributed by atoms with E-state index in [9.17, 15) is 4.79 Å². The van der Waals surface area contributed by atoms with E-state index in [1.165, 1.54) is 12.7 Å². The van der Waals surface area contributed by atoms with E-state index in [0.29, 0.717) is 31.3 Å². The Labute approximate surface area is 145 Å². The Kier molecular flexibility index (Phi) is 4.80. The number of amides is 1. The zero-order valence-electron chi connectivity index (χ0n) is 14.0. The Morgan fingerprint density at radius 1 is 1.32 bits per heavy atom. The van der Waals surface area contributed by atoms with Gasteiger partial charge in [0.1, 0.15) is 6.26 Å². The number of hydrogen-bond acceptors (Lipinski definition) is 6. The summed E-state index contributed by atoms with van der Waals surface area (Å²) in [6.07, 6.45) is 8.37. The van der Waals surface area contributed by atoms with Gasteiger partial charge < -0.3 is 23.4 Å². The number of carbonyl (C=O) groups is 1. The summed E-state index contributed by atoms with van der Waals surface area (Å²) in [4.78, 5) is 22.5. The minimum atomic E-state index is -0.129. The van der Waals surface area contributed by atoms with Gasteiger partial charge in [-0.15, -0.1) is 0 Å². The molecule has 0 saturated carbocycles. The van der Waals surface area contributed by atoms with Crippen molar-refractivity contribution < 1.29 is 18.7 Å². The largest absolute Gasteiger partial charge is 0.451 e. The summed E-state index contributed by atoms with van der Waals surface area (Å²) in [5.74, 6) is 0.433. The van der Waals surface area contributed by atoms with Crippen molar-refractivity contribution in [1.82, 2.24) is 19.4 Å². The van der Waals surface area contributed by atoms with Crippen molar-refractivity contribution in [3.05, 3.63) is 36.6 Å². The van der Waals surface area contributed by atoms with Crippen molar-refractivity contribution in [2.45, 2.75) is 25.4 Å². The lowest BCUT2D eigenvalue weighted by Gasteiger charge is -2.34. The predicted molar refractivity (Wildman–Crippen MR) is 86.9 cm³/mol. The summed E-state index contributed by atoms with van der Waals surface area (Å²) >= 11 is 0. The fraction of sp³-hybridized carbons (Fsp3) is 0.588. The molecule has 8 heteroatoms. The number of hydrogen-bond donors (Lipinski definition) is 0. The Bertz CT molecular complexity index is 693. The second kappa shape index (κ2) is 7.37. The van der Waals surface area contributed by atoms with Crippen molar-refractivity contribution in [1.29, 1.82) is 0 Å². The number of rotatable bonds is 5. The molecular formula is C17H22N4O4. The number of oxazole rings is 1. The third kappa shape index (κ3) is 3.59. The maximum atomic E-state index is 12.6. The first-order chi connectivity index (χ1) is 12.3. The summed E-state index contributed by atoms with van der Waals surface area (Å²) in [6, 6.07) is 0.0574. The van der Waals surface area contributed by atoms with Crippen LogP contribution in [0.5, 0.6) is 0 Å². The predicted octanol–water partition coefficient (Wildman–Crippen LogP) is 1.51. The van der Waals surface area contributed by atoms with Crippen molar-refractivity contribution in [2.24, 2.45) is 5.92 Å². The van der Waals surface area contributed by atoms with Crippen molar-refractivity contribution in [3.8, 4) is 0 Å². The summed E-state index contributed by atoms with van der Waals surface area (Å²) in [7, 11) is 0. The van der Waals surface area contributed by atoms with Gasteiger partial charge in [0, 0.05) is 32.6 Å². The third-order valence-corrected chi connectivity index (χ3v) is 4.87. The minimum Gasteiger partial charge on any atom is -0.451 e. The van der Waals surface area contributed by atoms with Crippen molar-refractivity contribution >= 4 is 5.91 Å². The molecule has 4 rings (SSSR count). The first-order valence-corrected chi connectivity index (χ1v) is 8.65. The van der Waals surface area contributed by atoms with Crippen LogP contribution in [0.4, 0.5) is 0 Å². The van der Waals surface area contributed by atoms with E-state index < -0.39 is 0 Å². The molecule has 4 heterocycles. The first-order valence-electron chi connectivity index (χ1n) is 8.65. The number of nitrogens with zero attached hydrogens (tertiary/aromatic N) is 4. The molecule has 0 aliphatic carbocycles. The van der Waals surface area contributed by atoms with Crippen LogP contribution in [0.2, 0.25) is 0 Å². The molecular weight excluding hydrogens is 324 g/mol. The monoisotopic (exact) mass is 346 g/mol. The third-order valence-electron chi connectivity index (χ3n) is 4.87. The van der Waals surface area contributed by atoms with Gasteiger partial charge >= 0.3 is 0 Å². The van der Waals surface area contributed by atoms with Gasteiger partial charge in [-0.25, -0.2) is 9.97 Å². The highest BCUT2D eigenvalue weighted by Crippen LogP contribution is 2.23. The van der Waals surface area contributed by atoms with Crippen LogP contribution in [-0.4, -0.2) is 58.3 Å². The Morgan fingerprint density at radius 2 is 2.20 bits per heavy atom. The smallest absolute Gasteiger partial charge is 0.276 e. The van der Waals surface area contributed by atoms with Gasteiger partial charge in [0.25, 0.3) is 5.91 Å². The average Bonchev–Trinajstić information content (AvgIpc) is 3.33. The standard InChI is InChI=1S/C17H22N4O4/c22-17(16-10-25-12-19-16)20-6-14-5-18-11-21(14)15(7-20)9-24-8-13-1-3-23-4-2-13/h5,10-13,15H,1-4,6-9H2/t15-/m1/s1. The van der Waals surface area contributed by atoms with E-state index in [1.807, 2.05) is 6.33 Å². The maximum absolute atomic E-state index is 12.6. The molecule has 1 amide bonds. The lowest BCUT2D eigenvalue weighted by molar-refractivity contribution is 0.00595. The van der Waals surface area contributed by atoms with Crippen LogP contribution in [0, 0.1) is 5.92 Å². The van der Waals surface area contributed by atoms with Crippen molar-refractivity contribution in [2.75, 3.05) is 33.0 Å². The lowest BCUT2D eigenvalue weighted by Crippen LogP contribution is -2.42. The molecule has 2 aromatic heterocycles. The Morgan fingerprint density at radius 3 is 3.00 bits per heavy atom. The number of fused-ring (bicyclic) bond motifs is 1. The molecule has 0 unspecified atom stereocenters. The van der Waals surface area contributed by atoms with E-state index >= 15 is 0 Å². The van der Waals surface area contributed by atoms with Crippen molar-refractivity contribution in [3.63, 3.8) is 0 Å². The Hall–Kier alpha value is -2.19. The zero-order chi connectivity index (χ0) is 17.1. The molecule has 1 atom stereocenters. The fourth-order valence-electron chi connectivity index (χ4n) is 3.44. The second-order valence-corrected chi connectivity index (χ2v) is 6.60. The van der Waals surface area contributed by atoms with Crippen LogP contribution in [0.25, 0.3) is 0 Å². The summed E-state index contributed by atoms with van der Waals surface area (Å²) < 4.78 is 18.4. The molecule has 134 valence electrons. The van der Waals surface area contributed by atoms with Gasteiger partial charge in [-0.3, -0.25) is 4.79 Å². The molecule has 8 nitrogen and oxygen atoms in total. The van der Waals surface area contributed by atoms with Crippen LogP contribution >= 0.6 is 0 Å². The Balaban J connectivity index is 1.39. The SMILES string of the molecule is O=C(c1cocn1)N1Cc2cncn2[C@@H](COCC2CCOCC2)C1. The number of ether oxygens (including phenoxy) is 2. The van der Waals surface area contributed by atoms with Crippen LogP contribution in [-0.2, 0) is 16.0 Å². The fourth-order valence-corrected chi connectivity index (χ4v) is 3.44. The summed E-state index contributed by atoms with van der Waals surface area (Å²) in [6.45, 7) is 4.03. The second-order valence-electron chi connectivity index (χ2n) is 6.60. The van der Waals surface area contributed by atoms with Gasteiger partial charge in [-0.05, 0) is 18.8 Å². The highest BCUT2D eigenvalue weighted by molar-refractivity contribution is 5.91. The number of imidazole rings is 1. The number of carbonyl (C=O) groups excluding carboxylic acids is 1. The molecule has 0 radical (unpaired) electrons. The van der Waals surface area contributed by atoms with Gasteiger partial charge in [0.05, 0.1) is 31.2 Å². The lowest BCUT2D eigenvalue weighted by atomic mass is 10.0. The summed E-state index contributed by atoms with van der Waals surface area (Å²) in [5, 5.41) is 0. The van der Waals surface area contributed by atoms with E-state index in [2.05, 4.69) is 14.5 Å². The van der Waals surface area contributed by atoms with Crippen LogP contribution in [0.1, 0.15) is 35.1 Å². The van der Waals surface area contributed by atoms with E-state index in [0.717, 1.165) is 38.4 Å². The molecule has 0 spiro atoms. The highest BCUT2D eigenvalue weighted by Gasteiger charge is 2.30. The molecule has 2 aliphatic rings. The molecule has 2 aliphatic heterocycles. The molecule has 2 aromatic rings. The van der Waals surface area contributed by atoms with E-state index in [1.54, 1.807) is 11.1 Å². The number of aromatic nitrogens is 3. The van der Waals surface area contributed by atoms with Gasteiger partial charge in [0.15, 0.2) is 12.1 Å². The molecule has 1 fully saturated rings. The van der Waals surface area contributed by atoms with E-state index in [4.69, 9.17) is 13.9 Å². The molecule has 0 N–H and O–H groups in total. The van der Waals surface area contributed by atoms with Gasteiger partial charge in [-0.1, -0.05) is 0 Å². The molecule has 0 aromatic carbocycles. The topological polar surface area (TPSA) is 82.6 Å². The first kappa shape index (κ1) is 16.3. The maximum Gasteiger partial charge on any atom is 0.276 e. The molecule has 0 bridgehead atoms. The molecule has 25 heavy (non-hydrogen) atoms. The molecule has 1 saturated heterocycles. The van der Waals surface area contributed by atoms with Gasteiger partial charge in [0.2, 0.25) is 0 Å². The highest BCUT2D eigenvalue weighted by atomic mass is 16.5. The van der Waals surface area contributed by atoms with Crippen LogP contribution in [0.15, 0.2) is 29.6 Å². The van der Waals surface area contributed by atoms with Crippen LogP contribution < -0.4 is 0 Å². The quantitative estimate of drug-likeness (QED) is 0.816. The van der Waals surface area contributed by atoms with E-state index in [-0.39, 0.29) is 11.9 Å². The minimum absolute atomic E-state index is 0.0574. The zero-order valence-corrected chi connectivity index (χ0v) is 14.0. The van der Waals surface area contributed by atoms with Crippen LogP contribution in [0.3, 0.4) is 0 Å². The van der Waals surface area contributed by atoms with Gasteiger partial charge in [-0.2, -0.15) is 0 Å². The average molecular weight is 346 g/mol.